The summed E-state index contributed by atoms with van der Waals surface area (Å²) in [5.74, 6) is 1.24. The van der Waals surface area contributed by atoms with Gasteiger partial charge in [-0.2, -0.15) is 26.3 Å². The first kappa shape index (κ1) is 26.5. The van der Waals surface area contributed by atoms with E-state index in [4.69, 9.17) is 0 Å². The van der Waals surface area contributed by atoms with E-state index < -0.39 is 24.4 Å². The van der Waals surface area contributed by atoms with Gasteiger partial charge in [-0.25, -0.2) is 0 Å². The number of allylic oxidation sites excluding steroid dienone is 6. The Balaban J connectivity index is 1.46. The number of hydrogen-bond donors (Lipinski definition) is 1. The van der Waals surface area contributed by atoms with Crippen molar-refractivity contribution in [2.45, 2.75) is 83.7 Å². The van der Waals surface area contributed by atoms with Crippen molar-refractivity contribution in [2.75, 3.05) is 0 Å². The average molecular weight is 505 g/mol. The molecule has 2 fully saturated rings. The SMILES string of the molecule is C[C@H](CCCC(O)(C(F)(F)F)C(F)(F)F)[C@H]1CC[C@H]2[C@@H]3C=CC4=CC(=O)C=C[C@]4(C)[C@H]3CC[C@]12C. The molecule has 2 saturated carbocycles. The number of ketones is 1. The van der Waals surface area contributed by atoms with Crippen LogP contribution in [0.2, 0.25) is 0 Å². The van der Waals surface area contributed by atoms with Crippen molar-refractivity contribution in [1.82, 2.24) is 0 Å². The minimum atomic E-state index is -5.76. The lowest BCUT2D eigenvalue weighted by molar-refractivity contribution is -0.370. The molecule has 4 aliphatic rings. The van der Waals surface area contributed by atoms with Gasteiger partial charge >= 0.3 is 12.4 Å². The Morgan fingerprint density at radius 1 is 1.03 bits per heavy atom. The number of halogens is 6. The molecule has 0 aromatic heterocycles. The van der Waals surface area contributed by atoms with Crippen LogP contribution in [-0.2, 0) is 4.79 Å². The summed E-state index contributed by atoms with van der Waals surface area (Å²) < 4.78 is 78.2. The maximum atomic E-state index is 13.0. The van der Waals surface area contributed by atoms with E-state index in [-0.39, 0.29) is 41.3 Å². The van der Waals surface area contributed by atoms with E-state index in [1.165, 1.54) is 0 Å². The van der Waals surface area contributed by atoms with E-state index in [2.05, 4.69) is 26.0 Å². The molecule has 4 aliphatic carbocycles. The second-order valence-corrected chi connectivity index (χ2v) is 11.7. The van der Waals surface area contributed by atoms with Crippen LogP contribution in [0.5, 0.6) is 0 Å². The van der Waals surface area contributed by atoms with E-state index >= 15 is 0 Å². The van der Waals surface area contributed by atoms with Crippen molar-refractivity contribution in [3.8, 4) is 0 Å². The van der Waals surface area contributed by atoms with Crippen molar-refractivity contribution >= 4 is 5.78 Å². The van der Waals surface area contributed by atoms with Crippen LogP contribution in [0.15, 0.2) is 36.0 Å². The van der Waals surface area contributed by atoms with Gasteiger partial charge in [0.15, 0.2) is 5.78 Å². The van der Waals surface area contributed by atoms with Gasteiger partial charge in [0.2, 0.25) is 0 Å². The molecule has 0 aliphatic heterocycles. The summed E-state index contributed by atoms with van der Waals surface area (Å²) >= 11 is 0. The Kier molecular flexibility index (Phi) is 6.43. The van der Waals surface area contributed by atoms with Gasteiger partial charge in [0.1, 0.15) is 0 Å². The van der Waals surface area contributed by atoms with E-state index in [9.17, 15) is 36.2 Å². The number of carbonyl (C=O) groups is 1. The molecule has 8 heteroatoms. The summed E-state index contributed by atoms with van der Waals surface area (Å²) in [5.41, 5.74) is -3.86. The van der Waals surface area contributed by atoms with E-state index in [1.807, 2.05) is 13.0 Å². The summed E-state index contributed by atoms with van der Waals surface area (Å²) in [6, 6.07) is 0. The summed E-state index contributed by atoms with van der Waals surface area (Å²) in [7, 11) is 0. The smallest absolute Gasteiger partial charge is 0.374 e. The first-order chi connectivity index (χ1) is 16.0. The van der Waals surface area contributed by atoms with Gasteiger partial charge in [-0.15, -0.1) is 0 Å². The number of aliphatic hydroxyl groups is 1. The zero-order chi connectivity index (χ0) is 26.0. The van der Waals surface area contributed by atoms with E-state index in [0.29, 0.717) is 17.8 Å². The van der Waals surface area contributed by atoms with Crippen molar-refractivity contribution < 1.29 is 36.2 Å². The minimum absolute atomic E-state index is 0.000998. The first-order valence-electron chi connectivity index (χ1n) is 12.5. The Morgan fingerprint density at radius 3 is 2.31 bits per heavy atom. The lowest BCUT2D eigenvalue weighted by Gasteiger charge is -2.55. The Hall–Kier alpha value is -1.57. The van der Waals surface area contributed by atoms with Gasteiger partial charge in [0, 0.05) is 5.41 Å². The third-order valence-electron chi connectivity index (χ3n) is 10.0. The molecule has 35 heavy (non-hydrogen) atoms. The third-order valence-corrected chi connectivity index (χ3v) is 10.0. The molecule has 0 unspecified atom stereocenters. The molecular weight excluding hydrogens is 470 g/mol. The largest absolute Gasteiger partial charge is 0.426 e. The molecule has 0 heterocycles. The fraction of sp³-hybridized carbons (Fsp3) is 0.741. The molecule has 4 rings (SSSR count). The molecule has 0 bridgehead atoms. The molecule has 1 N–H and O–H groups in total. The van der Waals surface area contributed by atoms with Crippen LogP contribution in [0.4, 0.5) is 26.3 Å². The van der Waals surface area contributed by atoms with Crippen LogP contribution in [0, 0.1) is 40.4 Å². The molecule has 2 nitrogen and oxygen atoms in total. The second-order valence-electron chi connectivity index (χ2n) is 11.7. The Labute approximate surface area is 202 Å². The zero-order valence-corrected chi connectivity index (χ0v) is 20.3. The van der Waals surface area contributed by atoms with Crippen LogP contribution in [-0.4, -0.2) is 28.8 Å². The van der Waals surface area contributed by atoms with Gasteiger partial charge in [0.25, 0.3) is 5.60 Å². The minimum Gasteiger partial charge on any atom is -0.374 e. The summed E-state index contributed by atoms with van der Waals surface area (Å²) in [6.07, 6.45) is 0.450. The number of rotatable bonds is 5. The molecule has 7 atom stereocenters. The highest BCUT2D eigenvalue weighted by Gasteiger charge is 2.69. The Morgan fingerprint density at radius 2 is 1.69 bits per heavy atom. The van der Waals surface area contributed by atoms with Crippen LogP contribution in [0.25, 0.3) is 0 Å². The van der Waals surface area contributed by atoms with Crippen molar-refractivity contribution in [2.24, 2.45) is 40.4 Å². The third kappa shape index (κ3) is 4.11. The highest BCUT2D eigenvalue weighted by atomic mass is 19.4. The fourth-order valence-corrected chi connectivity index (χ4v) is 7.95. The predicted molar refractivity (Wildman–Crippen MR) is 120 cm³/mol. The number of carbonyl (C=O) groups excluding carboxylic acids is 1. The number of alkyl halides is 6. The van der Waals surface area contributed by atoms with Crippen LogP contribution in [0.3, 0.4) is 0 Å². The van der Waals surface area contributed by atoms with Crippen LogP contribution in [0.1, 0.15) is 65.7 Å². The summed E-state index contributed by atoms with van der Waals surface area (Å²) in [5, 5.41) is 9.48. The standard InChI is InChI=1S/C27H34F6O2/c1-16(5-4-12-25(35,26(28,29)30)27(31,32)33)20-8-9-21-19-7-6-17-15-18(34)10-13-23(17,2)22(19)11-14-24(20,21)3/h6-7,10,13,15-16,19-22,35H,4-5,8-9,11-12,14H2,1-3H3/t16-,19+,20-,21+,22+,23+,24-/m1/s1. The van der Waals surface area contributed by atoms with Crippen molar-refractivity contribution in [1.29, 1.82) is 0 Å². The monoisotopic (exact) mass is 504 g/mol. The molecule has 0 saturated heterocycles. The van der Waals surface area contributed by atoms with Crippen LogP contribution >= 0.6 is 0 Å². The van der Waals surface area contributed by atoms with Crippen molar-refractivity contribution in [3.05, 3.63) is 36.0 Å². The molecule has 0 aromatic carbocycles. The maximum Gasteiger partial charge on any atom is 0.426 e. The topological polar surface area (TPSA) is 37.3 Å². The number of fused-ring (bicyclic) bond motifs is 5. The summed E-state index contributed by atoms with van der Waals surface area (Å²) in [6.45, 7) is 6.35. The lowest BCUT2D eigenvalue weighted by Crippen LogP contribution is -2.56. The first-order valence-corrected chi connectivity index (χ1v) is 12.5. The van der Waals surface area contributed by atoms with Gasteiger partial charge in [-0.05, 0) is 91.3 Å². The average Bonchev–Trinajstić information content (AvgIpc) is 3.09. The van der Waals surface area contributed by atoms with E-state index in [1.54, 1.807) is 12.2 Å². The number of hydrogen-bond acceptors (Lipinski definition) is 2. The van der Waals surface area contributed by atoms with Crippen molar-refractivity contribution in [3.63, 3.8) is 0 Å². The molecule has 0 amide bonds. The molecule has 0 radical (unpaired) electrons. The zero-order valence-electron chi connectivity index (χ0n) is 20.3. The second kappa shape index (κ2) is 8.49. The van der Waals surface area contributed by atoms with Gasteiger partial charge < -0.3 is 5.11 Å². The van der Waals surface area contributed by atoms with Gasteiger partial charge in [0.05, 0.1) is 0 Å². The molecule has 0 aromatic rings. The fourth-order valence-electron chi connectivity index (χ4n) is 7.95. The molecule has 196 valence electrons. The predicted octanol–water partition coefficient (Wildman–Crippen LogP) is 7.35. The maximum absolute atomic E-state index is 13.0. The van der Waals surface area contributed by atoms with Gasteiger partial charge in [-0.3, -0.25) is 4.79 Å². The molecular formula is C27H34F6O2. The molecule has 0 spiro atoms. The normalized spacial score (nSPS) is 38.0. The lowest BCUT2D eigenvalue weighted by atomic mass is 9.49. The van der Waals surface area contributed by atoms with Crippen LogP contribution < -0.4 is 0 Å². The van der Waals surface area contributed by atoms with E-state index in [0.717, 1.165) is 31.3 Å². The highest BCUT2D eigenvalue weighted by Crippen LogP contribution is 2.66. The van der Waals surface area contributed by atoms with Gasteiger partial charge in [-0.1, -0.05) is 45.4 Å². The quantitative estimate of drug-likeness (QED) is 0.398. The highest BCUT2D eigenvalue weighted by molar-refractivity contribution is 6.01. The Bertz CT molecular complexity index is 930. The summed E-state index contributed by atoms with van der Waals surface area (Å²) in [4.78, 5) is 11.9.